The normalized spacial score (nSPS) is 16.7. The predicted octanol–water partition coefficient (Wildman–Crippen LogP) is 6.68. The van der Waals surface area contributed by atoms with Gasteiger partial charge in [-0.2, -0.15) is 13.2 Å². The van der Waals surface area contributed by atoms with Crippen LogP contribution in [0.15, 0.2) is 60.7 Å². The van der Waals surface area contributed by atoms with E-state index >= 15 is 0 Å². The van der Waals surface area contributed by atoms with E-state index in [1.165, 1.54) is 12.1 Å². The van der Waals surface area contributed by atoms with Crippen LogP contribution in [0.3, 0.4) is 0 Å². The van der Waals surface area contributed by atoms with Gasteiger partial charge in [0.2, 0.25) is 5.91 Å². The van der Waals surface area contributed by atoms with E-state index in [2.05, 4.69) is 10.6 Å². The van der Waals surface area contributed by atoms with Gasteiger partial charge < -0.3 is 20.6 Å². The van der Waals surface area contributed by atoms with E-state index in [9.17, 15) is 36.6 Å². The molecule has 0 radical (unpaired) electrons. The number of anilines is 1. The van der Waals surface area contributed by atoms with E-state index in [4.69, 9.17) is 0 Å². The van der Waals surface area contributed by atoms with Crippen LogP contribution in [0.4, 0.5) is 27.6 Å². The van der Waals surface area contributed by atoms with Gasteiger partial charge in [-0.25, -0.2) is 8.78 Å². The van der Waals surface area contributed by atoms with Crippen molar-refractivity contribution >= 4 is 29.9 Å². The third-order valence-corrected chi connectivity index (χ3v) is 8.51. The van der Waals surface area contributed by atoms with Crippen LogP contribution in [0.25, 0.3) is 0 Å². The standard InChI is InChI=1S/C34H36F5N3O3.ClH/c35-27-12-22(13-28(36)18-27)14-30(31(43)20-40-19-21-5-3-8-26(11-21)34(37,38)39)41-33(45)25-15-24(23-6-1-2-7-23)16-29(17-25)42-10-4-9-32(42)44;/h3,5,8,11-13,15-18,23,30-31,40,43H,1-2,4,6-7,9-10,14,19-20H2,(H,41,45);1H/t30-,31-;/m0./s1. The Kier molecular flexibility index (Phi) is 11.8. The van der Waals surface area contributed by atoms with Gasteiger partial charge in [0.05, 0.1) is 17.7 Å². The molecule has 2 fully saturated rings. The summed E-state index contributed by atoms with van der Waals surface area (Å²) in [6.45, 7) is 0.430. The largest absolute Gasteiger partial charge is 0.416 e. The first-order valence-corrected chi connectivity index (χ1v) is 15.2. The Morgan fingerprint density at radius 3 is 2.33 bits per heavy atom. The molecule has 3 N–H and O–H groups in total. The topological polar surface area (TPSA) is 81.7 Å². The molecule has 0 bridgehead atoms. The molecule has 1 saturated carbocycles. The maximum absolute atomic E-state index is 14.0. The zero-order valence-corrected chi connectivity index (χ0v) is 25.9. The van der Waals surface area contributed by atoms with Gasteiger partial charge in [-0.1, -0.05) is 31.0 Å². The fourth-order valence-electron chi connectivity index (χ4n) is 6.22. The number of benzene rings is 3. The first-order valence-electron chi connectivity index (χ1n) is 15.2. The molecule has 6 nitrogen and oxygen atoms in total. The van der Waals surface area contributed by atoms with E-state index in [0.717, 1.165) is 68.0 Å². The van der Waals surface area contributed by atoms with Gasteiger partial charge in [-0.3, -0.25) is 9.59 Å². The van der Waals surface area contributed by atoms with Crippen molar-refractivity contribution in [2.45, 2.75) is 75.7 Å². The highest BCUT2D eigenvalue weighted by Crippen LogP contribution is 2.37. The lowest BCUT2D eigenvalue weighted by Gasteiger charge is -2.26. The van der Waals surface area contributed by atoms with E-state index in [0.29, 0.717) is 29.8 Å². The fraction of sp³-hybridized carbons (Fsp3) is 0.412. The number of aliphatic hydroxyl groups excluding tert-OH is 1. The van der Waals surface area contributed by atoms with Crippen molar-refractivity contribution in [2.24, 2.45) is 0 Å². The highest BCUT2D eigenvalue weighted by molar-refractivity contribution is 5.99. The van der Waals surface area contributed by atoms with Crippen LogP contribution in [0.5, 0.6) is 0 Å². The number of carbonyl (C=O) groups excluding carboxylic acids is 2. The average molecular weight is 666 g/mol. The summed E-state index contributed by atoms with van der Waals surface area (Å²) in [4.78, 5) is 28.0. The first-order chi connectivity index (χ1) is 21.5. The molecule has 1 saturated heterocycles. The quantitative estimate of drug-likeness (QED) is 0.200. The molecule has 0 unspecified atom stereocenters. The second kappa shape index (κ2) is 15.4. The highest BCUT2D eigenvalue weighted by Gasteiger charge is 2.31. The number of carbonyl (C=O) groups is 2. The Labute approximate surface area is 270 Å². The van der Waals surface area contributed by atoms with Gasteiger partial charge in [0, 0.05) is 43.4 Å². The van der Waals surface area contributed by atoms with Crippen LogP contribution in [0.1, 0.15) is 77.1 Å². The molecular formula is C34H37ClF5N3O3. The maximum Gasteiger partial charge on any atom is 0.416 e. The van der Waals surface area contributed by atoms with E-state index < -0.39 is 41.4 Å². The number of alkyl halides is 3. The molecule has 1 aliphatic carbocycles. The monoisotopic (exact) mass is 665 g/mol. The van der Waals surface area contributed by atoms with Crippen LogP contribution in [0, 0.1) is 11.6 Å². The van der Waals surface area contributed by atoms with Gasteiger partial charge in [-0.15, -0.1) is 12.4 Å². The van der Waals surface area contributed by atoms with Gasteiger partial charge in [0.15, 0.2) is 0 Å². The molecular weight excluding hydrogens is 629 g/mol. The Bertz CT molecular complexity index is 1510. The van der Waals surface area contributed by atoms with E-state index in [1.54, 1.807) is 17.0 Å². The molecule has 248 valence electrons. The lowest BCUT2D eigenvalue weighted by Crippen LogP contribution is -2.48. The van der Waals surface area contributed by atoms with E-state index in [-0.39, 0.29) is 49.3 Å². The van der Waals surface area contributed by atoms with Crippen molar-refractivity contribution in [3.63, 3.8) is 0 Å². The average Bonchev–Trinajstić information content (AvgIpc) is 3.68. The molecule has 0 aromatic heterocycles. The molecule has 12 heteroatoms. The number of rotatable bonds is 11. The second-order valence-electron chi connectivity index (χ2n) is 11.9. The summed E-state index contributed by atoms with van der Waals surface area (Å²) >= 11 is 0. The second-order valence-corrected chi connectivity index (χ2v) is 11.9. The number of nitrogens with one attached hydrogen (secondary N) is 2. The molecule has 46 heavy (non-hydrogen) atoms. The number of aliphatic hydroxyl groups is 1. The molecule has 2 aliphatic rings. The zero-order valence-electron chi connectivity index (χ0n) is 25.1. The smallest absolute Gasteiger partial charge is 0.390 e. The third-order valence-electron chi connectivity index (χ3n) is 8.51. The summed E-state index contributed by atoms with van der Waals surface area (Å²) in [6, 6.07) is 12.1. The summed E-state index contributed by atoms with van der Waals surface area (Å²) in [5, 5.41) is 16.9. The van der Waals surface area contributed by atoms with Crippen molar-refractivity contribution in [2.75, 3.05) is 18.0 Å². The lowest BCUT2D eigenvalue weighted by molar-refractivity contribution is -0.137. The van der Waals surface area contributed by atoms with Crippen LogP contribution >= 0.6 is 12.4 Å². The maximum atomic E-state index is 14.0. The van der Waals surface area contributed by atoms with Crippen molar-refractivity contribution in [1.29, 1.82) is 0 Å². The Morgan fingerprint density at radius 2 is 1.67 bits per heavy atom. The van der Waals surface area contributed by atoms with Gasteiger partial charge in [0.1, 0.15) is 11.6 Å². The van der Waals surface area contributed by atoms with Gasteiger partial charge in [-0.05, 0) is 84.7 Å². The summed E-state index contributed by atoms with van der Waals surface area (Å²) in [6.07, 6.45) is -0.639. The van der Waals surface area contributed by atoms with Crippen molar-refractivity contribution < 1.29 is 36.6 Å². The minimum Gasteiger partial charge on any atom is -0.390 e. The third kappa shape index (κ3) is 9.04. The lowest BCUT2D eigenvalue weighted by atomic mass is 9.94. The summed E-state index contributed by atoms with van der Waals surface area (Å²) in [7, 11) is 0. The van der Waals surface area contributed by atoms with E-state index in [1.807, 2.05) is 6.07 Å². The Morgan fingerprint density at radius 1 is 0.957 bits per heavy atom. The van der Waals surface area contributed by atoms with Crippen LogP contribution in [-0.2, 0) is 23.9 Å². The number of amides is 2. The molecule has 3 aromatic rings. The first kappa shape index (κ1) is 35.3. The Hall–Kier alpha value is -3.54. The number of nitrogens with zero attached hydrogens (tertiary/aromatic N) is 1. The minimum absolute atomic E-state index is 0. The SMILES string of the molecule is Cl.O=C(N[C@@H](Cc1cc(F)cc(F)c1)[C@@H](O)CNCc1cccc(C(F)(F)F)c1)c1cc(C2CCCC2)cc(N2CCCC2=O)c1. The molecule has 3 aromatic carbocycles. The Balaban J connectivity index is 0.00000480. The van der Waals surface area contributed by atoms with Crippen LogP contribution in [-0.4, -0.2) is 42.2 Å². The van der Waals surface area contributed by atoms with Crippen molar-refractivity contribution in [3.05, 3.63) is 100 Å². The molecule has 5 rings (SSSR count). The molecule has 0 spiro atoms. The zero-order chi connectivity index (χ0) is 32.1. The van der Waals surface area contributed by atoms with Crippen molar-refractivity contribution in [1.82, 2.24) is 10.6 Å². The van der Waals surface area contributed by atoms with Gasteiger partial charge >= 0.3 is 6.18 Å². The molecule has 1 heterocycles. The van der Waals surface area contributed by atoms with Crippen LogP contribution < -0.4 is 15.5 Å². The van der Waals surface area contributed by atoms with Crippen LogP contribution in [0.2, 0.25) is 0 Å². The molecule has 2 amide bonds. The minimum atomic E-state index is -4.50. The highest BCUT2D eigenvalue weighted by atomic mass is 35.5. The summed E-state index contributed by atoms with van der Waals surface area (Å²) in [5.41, 5.74) is 1.65. The number of hydrogen-bond donors (Lipinski definition) is 3. The number of halogens is 6. The van der Waals surface area contributed by atoms with Crippen molar-refractivity contribution in [3.8, 4) is 0 Å². The van der Waals surface area contributed by atoms with Gasteiger partial charge in [0.25, 0.3) is 5.91 Å². The summed E-state index contributed by atoms with van der Waals surface area (Å²) in [5.74, 6) is -1.90. The molecule has 1 aliphatic heterocycles. The molecule has 2 atom stereocenters. The predicted molar refractivity (Wildman–Crippen MR) is 167 cm³/mol. The summed E-state index contributed by atoms with van der Waals surface area (Å²) < 4.78 is 67.4. The fourth-order valence-corrected chi connectivity index (χ4v) is 6.22. The number of hydrogen-bond acceptors (Lipinski definition) is 4.